The monoisotopic (exact) mass is 330 g/mol. The molecule has 2 saturated heterocycles. The summed E-state index contributed by atoms with van der Waals surface area (Å²) in [6, 6.07) is 9.41. The Hall–Kier alpha value is -2.44. The Balaban J connectivity index is 1.59. The van der Waals surface area contributed by atoms with Crippen molar-refractivity contribution in [3.05, 3.63) is 47.5 Å². The highest BCUT2D eigenvalue weighted by Gasteiger charge is 2.48. The first-order valence-corrected chi connectivity index (χ1v) is 7.81. The first-order valence-electron chi connectivity index (χ1n) is 7.81. The maximum absolute atomic E-state index is 9.70. The summed E-state index contributed by atoms with van der Waals surface area (Å²) in [5.74, 6) is -0.413. The lowest BCUT2D eigenvalue weighted by Gasteiger charge is -2.17. The predicted octanol–water partition coefficient (Wildman–Crippen LogP) is 2.58. The van der Waals surface area contributed by atoms with Crippen LogP contribution in [-0.4, -0.2) is 33.6 Å². The summed E-state index contributed by atoms with van der Waals surface area (Å²) in [4.78, 5) is 0. The normalized spacial score (nSPS) is 28.8. The highest BCUT2D eigenvalue weighted by atomic mass is 16.5. The number of fused-ring (bicyclic) bond motifs is 1. The van der Waals surface area contributed by atoms with Crippen LogP contribution >= 0.6 is 0 Å². The van der Waals surface area contributed by atoms with Crippen molar-refractivity contribution >= 4 is 0 Å². The molecule has 2 heterocycles. The summed E-state index contributed by atoms with van der Waals surface area (Å²) < 4.78 is 11.8. The highest BCUT2D eigenvalue weighted by molar-refractivity contribution is 5.43. The number of rotatable bonds is 2. The largest absolute Gasteiger partial charge is 0.504 e. The minimum Gasteiger partial charge on any atom is -0.504 e. The number of hydrogen-bond donors (Lipinski definition) is 4. The number of hydrogen-bond acceptors (Lipinski definition) is 6. The SMILES string of the molecule is Oc1ccc([C@H]2OCC3C2CO[C@@H]3c2ccc(O)c(O)c2)cc1O. The molecule has 6 nitrogen and oxygen atoms in total. The second-order valence-electron chi connectivity index (χ2n) is 6.33. The number of aromatic hydroxyl groups is 4. The van der Waals surface area contributed by atoms with Crippen LogP contribution in [0.3, 0.4) is 0 Å². The fourth-order valence-electron chi connectivity index (χ4n) is 3.67. The zero-order valence-corrected chi connectivity index (χ0v) is 12.8. The van der Waals surface area contributed by atoms with Crippen LogP contribution in [0.5, 0.6) is 23.0 Å². The highest BCUT2D eigenvalue weighted by Crippen LogP contribution is 2.51. The topological polar surface area (TPSA) is 99.4 Å². The zero-order chi connectivity index (χ0) is 16.8. The second-order valence-corrected chi connectivity index (χ2v) is 6.33. The molecule has 0 amide bonds. The van der Waals surface area contributed by atoms with E-state index in [1.54, 1.807) is 12.1 Å². The molecule has 2 aliphatic heterocycles. The van der Waals surface area contributed by atoms with Gasteiger partial charge >= 0.3 is 0 Å². The number of phenols is 4. The van der Waals surface area contributed by atoms with Crippen LogP contribution in [0.2, 0.25) is 0 Å². The van der Waals surface area contributed by atoms with E-state index in [1.165, 1.54) is 24.3 Å². The van der Waals surface area contributed by atoms with E-state index >= 15 is 0 Å². The molecule has 2 aromatic carbocycles. The van der Waals surface area contributed by atoms with Crippen LogP contribution in [0, 0.1) is 11.8 Å². The molecule has 4 N–H and O–H groups in total. The van der Waals surface area contributed by atoms with Gasteiger partial charge in [-0.2, -0.15) is 0 Å². The van der Waals surface area contributed by atoms with Crippen LogP contribution in [0.1, 0.15) is 23.3 Å². The van der Waals surface area contributed by atoms with Gasteiger partial charge in [0.15, 0.2) is 23.0 Å². The van der Waals surface area contributed by atoms with Gasteiger partial charge < -0.3 is 29.9 Å². The lowest BCUT2D eigenvalue weighted by Crippen LogP contribution is -2.14. The summed E-state index contributed by atoms with van der Waals surface area (Å²) in [6.07, 6.45) is -0.422. The molecule has 2 aromatic rings. The van der Waals surface area contributed by atoms with E-state index in [0.717, 1.165) is 11.1 Å². The Morgan fingerprint density at radius 3 is 1.42 bits per heavy atom. The average molecular weight is 330 g/mol. The predicted molar refractivity (Wildman–Crippen MR) is 83.9 cm³/mol. The minimum atomic E-state index is -0.211. The van der Waals surface area contributed by atoms with E-state index in [1.807, 2.05) is 0 Å². The maximum Gasteiger partial charge on any atom is 0.157 e. The molecular weight excluding hydrogens is 312 g/mol. The third-order valence-electron chi connectivity index (χ3n) is 4.92. The third-order valence-corrected chi connectivity index (χ3v) is 4.92. The van der Waals surface area contributed by atoms with Gasteiger partial charge in [0.25, 0.3) is 0 Å². The molecule has 0 saturated carbocycles. The van der Waals surface area contributed by atoms with E-state index in [9.17, 15) is 20.4 Å². The molecule has 2 aliphatic rings. The fourth-order valence-corrected chi connectivity index (χ4v) is 3.67. The van der Waals surface area contributed by atoms with Crippen molar-refractivity contribution < 1.29 is 29.9 Å². The summed E-state index contributed by atoms with van der Waals surface area (Å²) in [5.41, 5.74) is 1.60. The maximum atomic E-state index is 9.70. The summed E-state index contributed by atoms with van der Waals surface area (Å²) in [5, 5.41) is 38.3. The molecule has 4 rings (SSSR count). The van der Waals surface area contributed by atoms with Gasteiger partial charge in [-0.25, -0.2) is 0 Å². The standard InChI is InChI=1S/C18H18O6/c19-13-3-1-9(5-15(13)21)17-11-7-24-18(12(11)8-23-17)10-2-4-14(20)16(22)6-10/h1-6,11-12,17-22H,7-8H2/t11?,12?,17-,18-/m1/s1. The molecule has 0 bridgehead atoms. The van der Waals surface area contributed by atoms with E-state index in [-0.39, 0.29) is 47.0 Å². The third kappa shape index (κ3) is 2.35. The van der Waals surface area contributed by atoms with Gasteiger partial charge in [-0.05, 0) is 35.4 Å². The molecule has 2 unspecified atom stereocenters. The van der Waals surface area contributed by atoms with Crippen molar-refractivity contribution in [1.82, 2.24) is 0 Å². The number of phenolic OH excluding ortho intramolecular Hbond substituents is 4. The van der Waals surface area contributed by atoms with E-state index in [4.69, 9.17) is 9.47 Å². The van der Waals surface area contributed by atoms with Gasteiger partial charge in [0.05, 0.1) is 25.4 Å². The van der Waals surface area contributed by atoms with E-state index < -0.39 is 0 Å². The Morgan fingerprint density at radius 1 is 0.625 bits per heavy atom. The van der Waals surface area contributed by atoms with Crippen LogP contribution in [0.25, 0.3) is 0 Å². The van der Waals surface area contributed by atoms with Gasteiger partial charge in [-0.15, -0.1) is 0 Å². The van der Waals surface area contributed by atoms with E-state index in [0.29, 0.717) is 13.2 Å². The summed E-state index contributed by atoms with van der Waals surface area (Å²) in [7, 11) is 0. The van der Waals surface area contributed by atoms with Gasteiger partial charge in [0.1, 0.15) is 0 Å². The molecule has 126 valence electrons. The lowest BCUT2D eigenvalue weighted by molar-refractivity contribution is 0.0191. The average Bonchev–Trinajstić information content (AvgIpc) is 3.15. The summed E-state index contributed by atoms with van der Waals surface area (Å²) >= 11 is 0. The molecule has 4 atom stereocenters. The van der Waals surface area contributed by atoms with Crippen molar-refractivity contribution in [2.75, 3.05) is 13.2 Å². The smallest absolute Gasteiger partial charge is 0.157 e. The minimum absolute atomic E-state index is 0.120. The Kier molecular flexibility index (Phi) is 3.51. The van der Waals surface area contributed by atoms with Crippen molar-refractivity contribution in [3.63, 3.8) is 0 Å². The van der Waals surface area contributed by atoms with Crippen molar-refractivity contribution in [1.29, 1.82) is 0 Å². The summed E-state index contributed by atoms with van der Waals surface area (Å²) in [6.45, 7) is 1.01. The van der Waals surface area contributed by atoms with Crippen molar-refractivity contribution in [2.45, 2.75) is 12.2 Å². The molecule has 0 aromatic heterocycles. The Labute approximate surface area is 138 Å². The Bertz CT molecular complexity index is 709. The fraction of sp³-hybridized carbons (Fsp3) is 0.333. The van der Waals surface area contributed by atoms with Gasteiger partial charge in [-0.1, -0.05) is 12.1 Å². The van der Waals surface area contributed by atoms with Crippen molar-refractivity contribution in [2.24, 2.45) is 11.8 Å². The van der Waals surface area contributed by atoms with Gasteiger partial charge in [0.2, 0.25) is 0 Å². The van der Waals surface area contributed by atoms with Crippen LogP contribution in [0.4, 0.5) is 0 Å². The molecule has 0 radical (unpaired) electrons. The quantitative estimate of drug-likeness (QED) is 0.632. The van der Waals surface area contributed by atoms with Gasteiger partial charge in [0, 0.05) is 11.8 Å². The number of ether oxygens (including phenoxy) is 2. The molecule has 0 spiro atoms. The second kappa shape index (κ2) is 5.58. The molecular formula is C18H18O6. The zero-order valence-electron chi connectivity index (χ0n) is 12.8. The molecule has 6 heteroatoms. The van der Waals surface area contributed by atoms with E-state index in [2.05, 4.69) is 0 Å². The lowest BCUT2D eigenvalue weighted by atomic mass is 9.85. The van der Waals surface area contributed by atoms with Crippen LogP contribution in [0.15, 0.2) is 36.4 Å². The first-order chi connectivity index (χ1) is 11.5. The molecule has 2 fully saturated rings. The van der Waals surface area contributed by atoms with Crippen LogP contribution < -0.4 is 0 Å². The first kappa shape index (κ1) is 15.1. The number of benzene rings is 2. The van der Waals surface area contributed by atoms with Crippen molar-refractivity contribution in [3.8, 4) is 23.0 Å². The van der Waals surface area contributed by atoms with Gasteiger partial charge in [-0.3, -0.25) is 0 Å². The molecule has 24 heavy (non-hydrogen) atoms. The van der Waals surface area contributed by atoms with Crippen LogP contribution in [-0.2, 0) is 9.47 Å². The Morgan fingerprint density at radius 2 is 1.04 bits per heavy atom. The molecule has 0 aliphatic carbocycles.